The van der Waals surface area contributed by atoms with Gasteiger partial charge in [-0.15, -0.1) is 5.10 Å². The van der Waals surface area contributed by atoms with E-state index in [1.165, 1.54) is 4.68 Å². The molecule has 1 aromatic heterocycles. The molecule has 1 N–H and O–H groups in total. The van der Waals surface area contributed by atoms with E-state index in [1.54, 1.807) is 44.3 Å². The van der Waals surface area contributed by atoms with Crippen LogP contribution in [0.15, 0.2) is 39.8 Å². The summed E-state index contributed by atoms with van der Waals surface area (Å²) in [6.45, 7) is 3.38. The van der Waals surface area contributed by atoms with Crippen LogP contribution in [0.4, 0.5) is 0 Å². The molecular formula is C13H16BrN3O3S. The molecule has 2 rings (SSSR count). The van der Waals surface area contributed by atoms with Gasteiger partial charge in [-0.2, -0.15) is 0 Å². The molecule has 114 valence electrons. The molecule has 0 fully saturated rings. The van der Waals surface area contributed by atoms with Gasteiger partial charge in [-0.25, -0.2) is 8.42 Å². The van der Waals surface area contributed by atoms with Gasteiger partial charge in [0.05, 0.1) is 23.4 Å². The van der Waals surface area contributed by atoms with Gasteiger partial charge in [0.1, 0.15) is 11.3 Å². The van der Waals surface area contributed by atoms with Crippen molar-refractivity contribution in [3.05, 3.63) is 40.6 Å². The monoisotopic (exact) mass is 373 g/mol. The number of rotatable bonds is 5. The molecule has 0 radical (unpaired) electrons. The lowest BCUT2D eigenvalue weighted by atomic mass is 10.1. The quantitative estimate of drug-likeness (QED) is 0.862. The van der Waals surface area contributed by atoms with Crippen molar-refractivity contribution in [3.8, 4) is 0 Å². The van der Waals surface area contributed by atoms with Gasteiger partial charge in [-0.3, -0.25) is 4.68 Å². The lowest BCUT2D eigenvalue weighted by molar-refractivity contribution is 0.0737. The van der Waals surface area contributed by atoms with Crippen molar-refractivity contribution in [1.82, 2.24) is 15.0 Å². The van der Waals surface area contributed by atoms with Crippen molar-refractivity contribution in [2.75, 3.05) is 5.75 Å². The van der Waals surface area contributed by atoms with E-state index >= 15 is 0 Å². The number of halogens is 1. The van der Waals surface area contributed by atoms with Gasteiger partial charge in [0, 0.05) is 4.47 Å². The van der Waals surface area contributed by atoms with Crippen LogP contribution >= 0.6 is 15.9 Å². The Morgan fingerprint density at radius 3 is 2.43 bits per heavy atom. The highest BCUT2D eigenvalue weighted by Gasteiger charge is 2.21. The second-order valence-electron chi connectivity index (χ2n) is 5.20. The van der Waals surface area contributed by atoms with E-state index in [0.717, 1.165) is 4.47 Å². The topological polar surface area (TPSA) is 85.1 Å². The lowest BCUT2D eigenvalue weighted by Gasteiger charge is -2.11. The molecule has 1 heterocycles. The lowest BCUT2D eigenvalue weighted by Crippen LogP contribution is -2.16. The predicted octanol–water partition coefficient (Wildman–Crippen LogP) is 1.74. The summed E-state index contributed by atoms with van der Waals surface area (Å²) in [5, 5.41) is 17.5. The molecule has 0 unspecified atom stereocenters. The maximum atomic E-state index is 12.2. The van der Waals surface area contributed by atoms with E-state index in [9.17, 15) is 13.5 Å². The summed E-state index contributed by atoms with van der Waals surface area (Å²) in [6, 6.07) is 6.50. The summed E-state index contributed by atoms with van der Waals surface area (Å²) in [5.41, 5.74) is -0.688. The smallest absolute Gasteiger partial charge is 0.180 e. The Balaban J connectivity index is 2.08. The Hall–Kier alpha value is -1.25. The second kappa shape index (κ2) is 5.86. The van der Waals surface area contributed by atoms with E-state index in [2.05, 4.69) is 26.2 Å². The Labute approximate surface area is 131 Å². The van der Waals surface area contributed by atoms with Crippen LogP contribution in [0.2, 0.25) is 0 Å². The van der Waals surface area contributed by atoms with Gasteiger partial charge >= 0.3 is 0 Å². The minimum absolute atomic E-state index is 0.0801. The molecule has 21 heavy (non-hydrogen) atoms. The van der Waals surface area contributed by atoms with Crippen LogP contribution in [0, 0.1) is 0 Å². The zero-order valence-electron chi connectivity index (χ0n) is 11.7. The van der Waals surface area contributed by atoms with Crippen molar-refractivity contribution < 1.29 is 13.5 Å². The minimum Gasteiger partial charge on any atom is -0.384 e. The number of aromatic nitrogens is 3. The first-order chi connectivity index (χ1) is 9.68. The molecule has 0 saturated carbocycles. The summed E-state index contributed by atoms with van der Waals surface area (Å²) in [4.78, 5) is 0.272. The zero-order chi connectivity index (χ0) is 15.7. The number of nitrogens with zero attached hydrogens (tertiary/aromatic N) is 3. The van der Waals surface area contributed by atoms with Crippen LogP contribution in [0.25, 0.3) is 0 Å². The average Bonchev–Trinajstić information content (AvgIpc) is 2.86. The highest BCUT2D eigenvalue weighted by atomic mass is 79.9. The summed E-state index contributed by atoms with van der Waals surface area (Å²) in [6.07, 6.45) is 1.55. The molecule has 0 aliphatic rings. The van der Waals surface area contributed by atoms with Gasteiger partial charge < -0.3 is 5.11 Å². The van der Waals surface area contributed by atoms with Crippen LogP contribution in [0.1, 0.15) is 19.5 Å². The fourth-order valence-corrected chi connectivity index (χ4v) is 3.14. The summed E-state index contributed by atoms with van der Waals surface area (Å²) >= 11 is 3.27. The number of sulfone groups is 1. The Bertz CT molecular complexity index is 718. The van der Waals surface area contributed by atoms with Crippen LogP contribution in [-0.2, 0) is 22.0 Å². The maximum Gasteiger partial charge on any atom is 0.180 e. The number of benzene rings is 1. The van der Waals surface area contributed by atoms with Crippen LogP contribution in [0.3, 0.4) is 0 Å². The van der Waals surface area contributed by atoms with Gasteiger partial charge in [-0.05, 0) is 38.1 Å². The van der Waals surface area contributed by atoms with E-state index in [1.807, 2.05) is 0 Å². The fraction of sp³-hybridized carbons (Fsp3) is 0.385. The molecular weight excluding hydrogens is 358 g/mol. The minimum atomic E-state index is -3.37. The molecule has 0 atom stereocenters. The summed E-state index contributed by atoms with van der Waals surface area (Å²) in [7, 11) is -3.37. The fourth-order valence-electron chi connectivity index (χ4n) is 1.66. The van der Waals surface area contributed by atoms with Crippen LogP contribution < -0.4 is 0 Å². The predicted molar refractivity (Wildman–Crippen MR) is 81.5 cm³/mol. The van der Waals surface area contributed by atoms with E-state index in [4.69, 9.17) is 0 Å². The third-order valence-corrected chi connectivity index (χ3v) is 5.17. The molecule has 1 aromatic carbocycles. The Morgan fingerprint density at radius 2 is 1.90 bits per heavy atom. The molecule has 0 saturated heterocycles. The van der Waals surface area contributed by atoms with Gasteiger partial charge in [0.25, 0.3) is 0 Å². The molecule has 8 heteroatoms. The molecule has 0 amide bonds. The number of aryl methyl sites for hydroxylation is 1. The Morgan fingerprint density at radius 1 is 1.29 bits per heavy atom. The highest BCUT2D eigenvalue weighted by molar-refractivity contribution is 9.10. The summed E-state index contributed by atoms with van der Waals surface area (Å²) < 4.78 is 26.6. The van der Waals surface area contributed by atoms with E-state index < -0.39 is 15.4 Å². The number of hydrogen-bond donors (Lipinski definition) is 1. The van der Waals surface area contributed by atoms with E-state index in [-0.39, 0.29) is 17.2 Å². The second-order valence-corrected chi connectivity index (χ2v) is 8.22. The average molecular weight is 374 g/mol. The third-order valence-electron chi connectivity index (χ3n) is 2.93. The SMILES string of the molecule is CC(C)(O)c1cn(CCS(=O)(=O)c2ccc(Br)cc2)nn1. The van der Waals surface area contributed by atoms with Crippen molar-refractivity contribution in [2.45, 2.75) is 30.9 Å². The molecule has 0 bridgehead atoms. The molecule has 0 spiro atoms. The van der Waals surface area contributed by atoms with E-state index in [0.29, 0.717) is 5.69 Å². The third kappa shape index (κ3) is 4.12. The van der Waals surface area contributed by atoms with Crippen molar-refractivity contribution in [3.63, 3.8) is 0 Å². The molecule has 6 nitrogen and oxygen atoms in total. The van der Waals surface area contributed by atoms with Crippen LogP contribution in [0.5, 0.6) is 0 Å². The highest BCUT2D eigenvalue weighted by Crippen LogP contribution is 2.17. The first-order valence-electron chi connectivity index (χ1n) is 6.30. The van der Waals surface area contributed by atoms with Crippen molar-refractivity contribution in [1.29, 1.82) is 0 Å². The van der Waals surface area contributed by atoms with Gasteiger partial charge in [0.15, 0.2) is 9.84 Å². The van der Waals surface area contributed by atoms with Gasteiger partial charge in [0.2, 0.25) is 0 Å². The van der Waals surface area contributed by atoms with Crippen molar-refractivity contribution >= 4 is 25.8 Å². The zero-order valence-corrected chi connectivity index (χ0v) is 14.1. The maximum absolute atomic E-state index is 12.2. The normalized spacial score (nSPS) is 12.6. The van der Waals surface area contributed by atoms with Gasteiger partial charge in [-0.1, -0.05) is 21.1 Å². The van der Waals surface area contributed by atoms with Crippen LogP contribution in [-0.4, -0.2) is 34.3 Å². The molecule has 0 aliphatic heterocycles. The largest absolute Gasteiger partial charge is 0.384 e. The number of hydrogen-bond acceptors (Lipinski definition) is 5. The van der Waals surface area contributed by atoms with Crippen molar-refractivity contribution in [2.24, 2.45) is 0 Å². The standard InChI is InChI=1S/C13H16BrN3O3S/c1-13(2,18)12-9-17(16-15-12)7-8-21(19,20)11-5-3-10(14)4-6-11/h3-6,9,18H,7-8H2,1-2H3. The first-order valence-corrected chi connectivity index (χ1v) is 8.74. The molecule has 2 aromatic rings. The molecule has 0 aliphatic carbocycles. The first kappa shape index (κ1) is 16.1. The number of aliphatic hydroxyl groups is 1. The Kier molecular flexibility index (Phi) is 4.50. The summed E-state index contributed by atoms with van der Waals surface area (Å²) in [5.74, 6) is -0.0801.